The zero-order chi connectivity index (χ0) is 13.8. The first kappa shape index (κ1) is 14.6. The summed E-state index contributed by atoms with van der Waals surface area (Å²) in [7, 11) is 0. The Hall–Kier alpha value is -0.830. The van der Waals surface area contributed by atoms with Crippen LogP contribution in [0.2, 0.25) is 5.02 Å². The van der Waals surface area contributed by atoms with E-state index in [1.54, 1.807) is 0 Å². The fourth-order valence-electron chi connectivity index (χ4n) is 2.21. The molecule has 0 aromatic heterocycles. The maximum absolute atomic E-state index is 6.23. The molecule has 3 heteroatoms. The molecule has 1 nitrogen and oxygen atoms in total. The van der Waals surface area contributed by atoms with Crippen LogP contribution in [0.1, 0.15) is 37.1 Å². The molecule has 1 N–H and O–H groups in total. The molecule has 2 aromatic rings. The Labute approximate surface area is 128 Å². The minimum absolute atomic E-state index is 0.204. The zero-order valence-corrected chi connectivity index (χ0v) is 13.4. The van der Waals surface area contributed by atoms with Gasteiger partial charge in [-0.3, -0.25) is 0 Å². The van der Waals surface area contributed by atoms with Crippen LogP contribution in [0.15, 0.2) is 53.0 Å². The van der Waals surface area contributed by atoms with Crippen molar-refractivity contribution < 1.29 is 0 Å². The first-order valence-corrected chi connectivity index (χ1v) is 7.51. The summed E-state index contributed by atoms with van der Waals surface area (Å²) in [6, 6.07) is 16.7. The van der Waals surface area contributed by atoms with Gasteiger partial charge in [0.25, 0.3) is 0 Å². The van der Waals surface area contributed by atoms with Gasteiger partial charge in [-0.15, -0.1) is 0 Å². The second kappa shape index (κ2) is 6.56. The summed E-state index contributed by atoms with van der Waals surface area (Å²) in [4.78, 5) is 0. The van der Waals surface area contributed by atoms with E-state index in [2.05, 4.69) is 59.4 Å². The monoisotopic (exact) mass is 337 g/mol. The number of halogens is 2. The van der Waals surface area contributed by atoms with Crippen LogP contribution in [0.5, 0.6) is 0 Å². The molecule has 0 spiro atoms. The minimum Gasteiger partial charge on any atom is -0.304 e. The van der Waals surface area contributed by atoms with Crippen LogP contribution < -0.4 is 5.32 Å². The summed E-state index contributed by atoms with van der Waals surface area (Å²) in [5, 5.41) is 4.39. The highest BCUT2D eigenvalue weighted by Gasteiger charge is 2.14. The lowest BCUT2D eigenvalue weighted by molar-refractivity contribution is 0.493. The molecule has 0 fully saturated rings. The van der Waals surface area contributed by atoms with Crippen molar-refractivity contribution in [1.82, 2.24) is 5.32 Å². The van der Waals surface area contributed by atoms with Gasteiger partial charge >= 0.3 is 0 Å². The SMILES string of the molecule is CC(N[C@H](C)c1ccccc1Cl)c1ccccc1Br. The highest BCUT2D eigenvalue weighted by atomic mass is 79.9. The minimum atomic E-state index is 0.204. The Bertz CT molecular complexity index is 506. The topological polar surface area (TPSA) is 12.0 Å². The molecule has 0 radical (unpaired) electrons. The van der Waals surface area contributed by atoms with Crippen LogP contribution in [0, 0.1) is 0 Å². The molecule has 0 aliphatic rings. The first-order chi connectivity index (χ1) is 9.09. The Morgan fingerprint density at radius 2 is 1.42 bits per heavy atom. The van der Waals surface area contributed by atoms with Crippen LogP contribution in [-0.4, -0.2) is 0 Å². The first-order valence-electron chi connectivity index (χ1n) is 6.34. The maximum atomic E-state index is 6.23. The molecule has 0 bridgehead atoms. The lowest BCUT2D eigenvalue weighted by atomic mass is 10.0. The van der Waals surface area contributed by atoms with Crippen molar-refractivity contribution in [2.75, 3.05) is 0 Å². The van der Waals surface area contributed by atoms with Gasteiger partial charge in [-0.25, -0.2) is 0 Å². The summed E-state index contributed by atoms with van der Waals surface area (Å²) in [6.45, 7) is 4.29. The quantitative estimate of drug-likeness (QED) is 0.774. The second-order valence-electron chi connectivity index (χ2n) is 4.65. The highest BCUT2D eigenvalue weighted by molar-refractivity contribution is 9.10. The summed E-state index contributed by atoms with van der Waals surface area (Å²) < 4.78 is 1.13. The molecule has 0 aliphatic heterocycles. The fourth-order valence-corrected chi connectivity index (χ4v) is 3.13. The second-order valence-corrected chi connectivity index (χ2v) is 5.91. The predicted molar refractivity (Wildman–Crippen MR) is 85.6 cm³/mol. The van der Waals surface area contributed by atoms with Gasteiger partial charge in [0.15, 0.2) is 0 Å². The summed E-state index contributed by atoms with van der Waals surface area (Å²) in [5.74, 6) is 0. The van der Waals surface area contributed by atoms with Gasteiger partial charge in [-0.05, 0) is 37.1 Å². The Kier molecular flexibility index (Phi) is 5.03. The molecular weight excluding hydrogens is 322 g/mol. The number of nitrogens with one attached hydrogen (secondary N) is 1. The number of hydrogen-bond acceptors (Lipinski definition) is 1. The van der Waals surface area contributed by atoms with Crippen LogP contribution in [0.3, 0.4) is 0 Å². The molecule has 2 rings (SSSR count). The van der Waals surface area contributed by atoms with E-state index in [4.69, 9.17) is 11.6 Å². The van der Waals surface area contributed by atoms with Crippen LogP contribution in [-0.2, 0) is 0 Å². The average molecular weight is 339 g/mol. The van der Waals surface area contributed by atoms with E-state index in [9.17, 15) is 0 Å². The van der Waals surface area contributed by atoms with Crippen LogP contribution >= 0.6 is 27.5 Å². The van der Waals surface area contributed by atoms with E-state index in [0.717, 1.165) is 15.1 Å². The van der Waals surface area contributed by atoms with Gasteiger partial charge in [0.1, 0.15) is 0 Å². The molecule has 2 aromatic carbocycles. The summed E-state index contributed by atoms with van der Waals surface area (Å²) in [6.07, 6.45) is 0. The Balaban J connectivity index is 2.13. The van der Waals surface area contributed by atoms with Crippen molar-refractivity contribution in [3.63, 3.8) is 0 Å². The van der Waals surface area contributed by atoms with Crippen molar-refractivity contribution in [2.24, 2.45) is 0 Å². The number of rotatable bonds is 4. The third-order valence-corrected chi connectivity index (χ3v) is 4.31. The normalized spacial score (nSPS) is 14.1. The molecule has 0 heterocycles. The molecule has 19 heavy (non-hydrogen) atoms. The molecule has 0 saturated carbocycles. The van der Waals surface area contributed by atoms with E-state index >= 15 is 0 Å². The number of benzene rings is 2. The van der Waals surface area contributed by atoms with E-state index in [0.29, 0.717) is 0 Å². The Morgan fingerprint density at radius 3 is 2.05 bits per heavy atom. The molecule has 2 atom stereocenters. The number of hydrogen-bond donors (Lipinski definition) is 1. The zero-order valence-electron chi connectivity index (χ0n) is 11.0. The van der Waals surface area contributed by atoms with Gasteiger partial charge in [0.2, 0.25) is 0 Å². The third kappa shape index (κ3) is 3.59. The largest absolute Gasteiger partial charge is 0.304 e. The van der Waals surface area contributed by atoms with Gasteiger partial charge in [0.05, 0.1) is 0 Å². The summed E-state index contributed by atoms with van der Waals surface area (Å²) >= 11 is 9.82. The van der Waals surface area contributed by atoms with Gasteiger partial charge < -0.3 is 5.32 Å². The van der Waals surface area contributed by atoms with Gasteiger partial charge in [0, 0.05) is 21.6 Å². The van der Waals surface area contributed by atoms with E-state index < -0.39 is 0 Å². The molecule has 1 unspecified atom stereocenters. The van der Waals surface area contributed by atoms with Crippen molar-refractivity contribution in [1.29, 1.82) is 0 Å². The smallest absolute Gasteiger partial charge is 0.0453 e. The highest BCUT2D eigenvalue weighted by Crippen LogP contribution is 2.27. The molecule has 0 amide bonds. The van der Waals surface area contributed by atoms with Crippen molar-refractivity contribution >= 4 is 27.5 Å². The van der Waals surface area contributed by atoms with Crippen LogP contribution in [0.25, 0.3) is 0 Å². The average Bonchev–Trinajstić information content (AvgIpc) is 2.39. The lowest BCUT2D eigenvalue weighted by Crippen LogP contribution is -2.23. The van der Waals surface area contributed by atoms with Gasteiger partial charge in [-0.1, -0.05) is 63.9 Å². The molecule has 100 valence electrons. The Morgan fingerprint density at radius 1 is 0.895 bits per heavy atom. The van der Waals surface area contributed by atoms with E-state index in [1.807, 2.05) is 24.3 Å². The van der Waals surface area contributed by atoms with Crippen LogP contribution in [0.4, 0.5) is 0 Å². The van der Waals surface area contributed by atoms with Gasteiger partial charge in [-0.2, -0.15) is 0 Å². The van der Waals surface area contributed by atoms with Crippen molar-refractivity contribution in [2.45, 2.75) is 25.9 Å². The lowest BCUT2D eigenvalue weighted by Gasteiger charge is -2.22. The molecular formula is C16H17BrClN. The van der Waals surface area contributed by atoms with E-state index in [-0.39, 0.29) is 12.1 Å². The standard InChI is InChI=1S/C16H17BrClN/c1-11(13-7-3-5-9-15(13)17)19-12(2)14-8-4-6-10-16(14)18/h3-12,19H,1-2H3/t11?,12-/m1/s1. The van der Waals surface area contributed by atoms with Crippen molar-refractivity contribution in [3.8, 4) is 0 Å². The molecule has 0 aliphatic carbocycles. The van der Waals surface area contributed by atoms with Crippen molar-refractivity contribution in [3.05, 3.63) is 69.2 Å². The van der Waals surface area contributed by atoms with E-state index in [1.165, 1.54) is 5.56 Å². The summed E-state index contributed by atoms with van der Waals surface area (Å²) in [5.41, 5.74) is 2.38. The fraction of sp³-hybridized carbons (Fsp3) is 0.250. The predicted octanol–water partition coefficient (Wildman–Crippen LogP) is 5.51. The molecule has 0 saturated heterocycles. The third-order valence-electron chi connectivity index (χ3n) is 3.24. The maximum Gasteiger partial charge on any atom is 0.0453 e.